The first-order valence-electron chi connectivity index (χ1n) is 9.10. The lowest BCUT2D eigenvalue weighted by Crippen LogP contribution is -2.28. The van der Waals surface area contributed by atoms with Crippen LogP contribution in [-0.4, -0.2) is 20.4 Å². The normalized spacial score (nSPS) is 16.8. The number of Topliss-reactive ketones (excluding diaryl/α,β-unsaturated/α-hetero) is 1. The predicted molar refractivity (Wildman–Crippen MR) is 108 cm³/mol. The molecule has 0 spiro atoms. The summed E-state index contributed by atoms with van der Waals surface area (Å²) in [6.45, 7) is 4.27. The van der Waals surface area contributed by atoms with E-state index >= 15 is 0 Å². The molecule has 0 atom stereocenters. The molecule has 132 valence electrons. The van der Waals surface area contributed by atoms with Crippen molar-refractivity contribution in [2.24, 2.45) is 5.41 Å². The Kier molecular flexibility index (Phi) is 2.71. The molecule has 0 aliphatic heterocycles. The molecule has 27 heavy (non-hydrogen) atoms. The van der Waals surface area contributed by atoms with Crippen molar-refractivity contribution >= 4 is 55.5 Å². The van der Waals surface area contributed by atoms with Crippen LogP contribution in [0, 0.1) is 5.41 Å². The fourth-order valence-electron chi connectivity index (χ4n) is 4.73. The number of pyridine rings is 2. The van der Waals surface area contributed by atoms with E-state index in [1.807, 2.05) is 35.0 Å². The zero-order valence-electron chi connectivity index (χ0n) is 15.0. The first-order valence-corrected chi connectivity index (χ1v) is 9.48. The summed E-state index contributed by atoms with van der Waals surface area (Å²) < 4.78 is 1.95. The van der Waals surface area contributed by atoms with Gasteiger partial charge in [0.15, 0.2) is 5.78 Å². The maximum absolute atomic E-state index is 13.2. The zero-order valence-corrected chi connectivity index (χ0v) is 15.8. The molecule has 0 saturated heterocycles. The standard InChI is InChI=1S/C22H16ClN3O/c1-22(2)8-15-19(17(27)9-22)18-13-7-12(23)4-6-16(13)26-21-11(10-24-26)3-5-14(25-15)20(18)21/h3-7,10H,8-9H2,1-2H3. The van der Waals surface area contributed by atoms with Gasteiger partial charge in [-0.05, 0) is 42.2 Å². The number of nitrogens with zero attached hydrogens (tertiary/aromatic N) is 3. The Morgan fingerprint density at radius 3 is 2.81 bits per heavy atom. The van der Waals surface area contributed by atoms with Gasteiger partial charge in [-0.15, -0.1) is 0 Å². The van der Waals surface area contributed by atoms with Crippen LogP contribution in [0.3, 0.4) is 0 Å². The second-order valence-electron chi connectivity index (χ2n) is 8.36. The quantitative estimate of drug-likeness (QED) is 0.268. The minimum absolute atomic E-state index is 0.0742. The lowest BCUT2D eigenvalue weighted by Gasteiger charge is -2.30. The van der Waals surface area contributed by atoms with Gasteiger partial charge in [-0.25, -0.2) is 4.52 Å². The number of ketones is 1. The van der Waals surface area contributed by atoms with Gasteiger partial charge in [-0.2, -0.15) is 5.10 Å². The molecule has 6 rings (SSSR count). The Bertz CT molecular complexity index is 1430. The van der Waals surface area contributed by atoms with Gasteiger partial charge in [0, 0.05) is 38.6 Å². The van der Waals surface area contributed by atoms with Gasteiger partial charge >= 0.3 is 0 Å². The van der Waals surface area contributed by atoms with E-state index in [9.17, 15) is 4.79 Å². The van der Waals surface area contributed by atoms with Gasteiger partial charge in [0.1, 0.15) is 0 Å². The number of hydrogen-bond donors (Lipinski definition) is 0. The van der Waals surface area contributed by atoms with Gasteiger partial charge < -0.3 is 0 Å². The van der Waals surface area contributed by atoms with Crippen LogP contribution >= 0.6 is 11.6 Å². The number of aromatic nitrogens is 3. The Labute approximate surface area is 160 Å². The molecular weight excluding hydrogens is 358 g/mol. The van der Waals surface area contributed by atoms with Crippen molar-refractivity contribution in [2.75, 3.05) is 0 Å². The third-order valence-electron chi connectivity index (χ3n) is 5.78. The van der Waals surface area contributed by atoms with Crippen LogP contribution in [0.2, 0.25) is 5.02 Å². The second kappa shape index (κ2) is 4.76. The minimum atomic E-state index is -0.0742. The van der Waals surface area contributed by atoms with Crippen molar-refractivity contribution in [2.45, 2.75) is 26.7 Å². The van der Waals surface area contributed by atoms with E-state index in [4.69, 9.17) is 16.6 Å². The summed E-state index contributed by atoms with van der Waals surface area (Å²) in [6, 6.07) is 9.89. The highest BCUT2D eigenvalue weighted by atomic mass is 35.5. The highest BCUT2D eigenvalue weighted by Gasteiger charge is 2.34. The van der Waals surface area contributed by atoms with Crippen molar-refractivity contribution in [1.29, 1.82) is 0 Å². The number of rotatable bonds is 0. The lowest BCUT2D eigenvalue weighted by molar-refractivity contribution is 0.0912. The van der Waals surface area contributed by atoms with Crippen molar-refractivity contribution in [3.63, 3.8) is 0 Å². The van der Waals surface area contributed by atoms with E-state index in [1.165, 1.54) is 0 Å². The van der Waals surface area contributed by atoms with Crippen LogP contribution in [0.1, 0.15) is 36.3 Å². The molecule has 1 aliphatic carbocycles. The molecule has 0 unspecified atom stereocenters. The SMILES string of the molecule is CC1(C)CC(=O)c2c(nc3ccc4cnn5c6ccc(Cl)cc6c2c3c45)C1. The molecule has 3 heterocycles. The molecule has 0 N–H and O–H groups in total. The average Bonchev–Trinajstić information content (AvgIpc) is 3.03. The van der Waals surface area contributed by atoms with E-state index < -0.39 is 0 Å². The fourth-order valence-corrected chi connectivity index (χ4v) is 4.90. The number of carbonyl (C=O) groups excluding carboxylic acids is 1. The number of fused-ring (bicyclic) bond motifs is 5. The molecule has 1 aliphatic rings. The Morgan fingerprint density at radius 2 is 1.96 bits per heavy atom. The third kappa shape index (κ3) is 1.91. The fraction of sp³-hybridized carbons (Fsp3) is 0.227. The molecule has 3 aromatic heterocycles. The topological polar surface area (TPSA) is 47.3 Å². The largest absolute Gasteiger partial charge is 0.294 e. The first-order chi connectivity index (χ1) is 12.9. The molecule has 0 bridgehead atoms. The number of halogens is 1. The molecule has 0 fully saturated rings. The van der Waals surface area contributed by atoms with Gasteiger partial charge in [0.05, 0.1) is 28.4 Å². The summed E-state index contributed by atoms with van der Waals surface area (Å²) in [5.41, 5.74) is 4.48. The number of benzene rings is 2. The number of hydrogen-bond acceptors (Lipinski definition) is 3. The lowest BCUT2D eigenvalue weighted by atomic mass is 9.74. The summed E-state index contributed by atoms with van der Waals surface area (Å²) in [5.74, 6) is 0.168. The van der Waals surface area contributed by atoms with Crippen molar-refractivity contribution in [3.8, 4) is 0 Å². The van der Waals surface area contributed by atoms with E-state index in [1.54, 1.807) is 0 Å². The highest BCUT2D eigenvalue weighted by Crippen LogP contribution is 2.43. The van der Waals surface area contributed by atoms with Gasteiger partial charge in [0.25, 0.3) is 0 Å². The summed E-state index contributed by atoms with van der Waals surface area (Å²) in [7, 11) is 0. The molecular formula is C22H16ClN3O. The van der Waals surface area contributed by atoms with Gasteiger partial charge in [-0.3, -0.25) is 9.78 Å². The van der Waals surface area contributed by atoms with Crippen LogP contribution in [0.5, 0.6) is 0 Å². The summed E-state index contributed by atoms with van der Waals surface area (Å²) >= 11 is 6.35. The molecule has 5 heteroatoms. The van der Waals surface area contributed by atoms with E-state index in [0.717, 1.165) is 55.8 Å². The molecule has 5 aromatic rings. The van der Waals surface area contributed by atoms with E-state index in [-0.39, 0.29) is 11.2 Å². The Balaban J connectivity index is 1.97. The Morgan fingerprint density at radius 1 is 1.11 bits per heavy atom. The highest BCUT2D eigenvalue weighted by molar-refractivity contribution is 6.33. The van der Waals surface area contributed by atoms with Gasteiger partial charge in [-0.1, -0.05) is 25.4 Å². The molecule has 4 nitrogen and oxygen atoms in total. The minimum Gasteiger partial charge on any atom is -0.294 e. The first kappa shape index (κ1) is 15.3. The average molecular weight is 374 g/mol. The van der Waals surface area contributed by atoms with Crippen LogP contribution in [-0.2, 0) is 6.42 Å². The molecule has 0 saturated carbocycles. The van der Waals surface area contributed by atoms with E-state index in [2.05, 4.69) is 25.0 Å². The van der Waals surface area contributed by atoms with Gasteiger partial charge in [0.2, 0.25) is 0 Å². The summed E-state index contributed by atoms with van der Waals surface area (Å²) in [6.07, 6.45) is 3.20. The molecule has 0 amide bonds. The number of carbonyl (C=O) groups is 1. The monoisotopic (exact) mass is 373 g/mol. The van der Waals surface area contributed by atoms with E-state index in [0.29, 0.717) is 11.4 Å². The van der Waals surface area contributed by atoms with Crippen molar-refractivity contribution < 1.29 is 4.79 Å². The Hall–Kier alpha value is -2.72. The third-order valence-corrected chi connectivity index (χ3v) is 6.01. The smallest absolute Gasteiger partial charge is 0.165 e. The predicted octanol–water partition coefficient (Wildman–Crippen LogP) is 5.44. The maximum atomic E-state index is 13.2. The zero-order chi connectivity index (χ0) is 18.5. The summed E-state index contributed by atoms with van der Waals surface area (Å²) in [5, 5.41) is 9.24. The maximum Gasteiger partial charge on any atom is 0.165 e. The molecule has 0 radical (unpaired) electrons. The van der Waals surface area contributed by atoms with Crippen molar-refractivity contribution in [3.05, 3.63) is 52.8 Å². The van der Waals surface area contributed by atoms with Crippen LogP contribution in [0.25, 0.3) is 38.1 Å². The van der Waals surface area contributed by atoms with Crippen molar-refractivity contribution in [1.82, 2.24) is 14.6 Å². The van der Waals surface area contributed by atoms with Crippen LogP contribution in [0.4, 0.5) is 0 Å². The second-order valence-corrected chi connectivity index (χ2v) is 8.80. The molecule has 2 aromatic carbocycles. The van der Waals surface area contributed by atoms with Crippen LogP contribution in [0.15, 0.2) is 36.5 Å². The summed E-state index contributed by atoms with van der Waals surface area (Å²) in [4.78, 5) is 18.1. The van der Waals surface area contributed by atoms with Crippen LogP contribution < -0.4 is 0 Å².